The normalized spacial score (nSPS) is 14.3. The molecule has 0 aliphatic heterocycles. The van der Waals surface area contributed by atoms with E-state index in [0.717, 1.165) is 35.1 Å². The minimum Gasteiger partial charge on any atom is -0.410 e. The van der Waals surface area contributed by atoms with Crippen molar-refractivity contribution in [3.8, 4) is 5.69 Å². The molecule has 0 radical (unpaired) electrons. The third-order valence-corrected chi connectivity index (χ3v) is 5.69. The Morgan fingerprint density at radius 3 is 2.59 bits per heavy atom. The summed E-state index contributed by atoms with van der Waals surface area (Å²) in [6, 6.07) is 12.1. The maximum Gasteiger partial charge on any atom is 0.368 e. The molecule has 0 unspecified atom stereocenters. The summed E-state index contributed by atoms with van der Waals surface area (Å²) in [7, 11) is 1.57. The SMILES string of the molecule is C/C(=C(\ON)c1c(C)cccc1-n1nnn(C)c1=O)c1cccc2c1CCCC2. The lowest BCUT2D eigenvalue weighted by Crippen LogP contribution is -2.23. The molecule has 3 aromatic rings. The molecule has 2 N–H and O–H groups in total. The van der Waals surface area contributed by atoms with Crippen LogP contribution in [0.15, 0.2) is 41.2 Å². The highest BCUT2D eigenvalue weighted by molar-refractivity contribution is 5.91. The Balaban J connectivity index is 1.96. The van der Waals surface area contributed by atoms with Crippen LogP contribution in [0, 0.1) is 6.92 Å². The topological polar surface area (TPSA) is 88.0 Å². The molecule has 0 atom stereocenters. The van der Waals surface area contributed by atoms with E-state index in [-0.39, 0.29) is 5.69 Å². The number of allylic oxidation sites excluding steroid dienone is 1. The summed E-state index contributed by atoms with van der Waals surface area (Å²) in [5.74, 6) is 6.33. The highest BCUT2D eigenvalue weighted by Gasteiger charge is 2.22. The van der Waals surface area contributed by atoms with Crippen molar-refractivity contribution >= 4 is 11.3 Å². The van der Waals surface area contributed by atoms with Crippen LogP contribution in [-0.4, -0.2) is 19.8 Å². The molecule has 0 bridgehead atoms. The molecule has 0 fully saturated rings. The number of nitrogens with two attached hydrogens (primary N) is 1. The fourth-order valence-corrected chi connectivity index (χ4v) is 4.18. The molecular weight excluding hydrogens is 366 g/mol. The summed E-state index contributed by atoms with van der Waals surface area (Å²) >= 11 is 0. The van der Waals surface area contributed by atoms with Crippen LogP contribution in [0.3, 0.4) is 0 Å². The van der Waals surface area contributed by atoms with Crippen LogP contribution in [0.25, 0.3) is 17.0 Å². The second kappa shape index (κ2) is 7.67. The van der Waals surface area contributed by atoms with Gasteiger partial charge < -0.3 is 4.84 Å². The van der Waals surface area contributed by atoms with Crippen molar-refractivity contribution in [1.82, 2.24) is 19.8 Å². The summed E-state index contributed by atoms with van der Waals surface area (Å²) in [5.41, 5.74) is 6.77. The minimum absolute atomic E-state index is 0.331. The van der Waals surface area contributed by atoms with Gasteiger partial charge in [0.15, 0.2) is 5.76 Å². The van der Waals surface area contributed by atoms with Gasteiger partial charge in [0.2, 0.25) is 0 Å². The zero-order valence-electron chi connectivity index (χ0n) is 17.0. The van der Waals surface area contributed by atoms with Crippen LogP contribution in [0.1, 0.15) is 47.6 Å². The highest BCUT2D eigenvalue weighted by atomic mass is 16.6. The van der Waals surface area contributed by atoms with Crippen molar-refractivity contribution in [2.24, 2.45) is 12.9 Å². The predicted octanol–water partition coefficient (Wildman–Crippen LogP) is 2.93. The van der Waals surface area contributed by atoms with Gasteiger partial charge in [-0.1, -0.05) is 30.3 Å². The molecule has 1 heterocycles. The number of nitrogens with zero attached hydrogens (tertiary/aromatic N) is 4. The maximum absolute atomic E-state index is 12.5. The third kappa shape index (κ3) is 3.27. The van der Waals surface area contributed by atoms with Gasteiger partial charge in [-0.15, -0.1) is 0 Å². The molecule has 150 valence electrons. The summed E-state index contributed by atoms with van der Waals surface area (Å²) < 4.78 is 2.47. The zero-order valence-corrected chi connectivity index (χ0v) is 17.0. The molecule has 7 nitrogen and oxygen atoms in total. The molecule has 0 saturated carbocycles. The number of hydrogen-bond donors (Lipinski definition) is 1. The first-order chi connectivity index (χ1) is 14.0. The van der Waals surface area contributed by atoms with Gasteiger partial charge in [-0.3, -0.25) is 0 Å². The lowest BCUT2D eigenvalue weighted by Gasteiger charge is -2.22. The van der Waals surface area contributed by atoms with Gasteiger partial charge in [0.25, 0.3) is 0 Å². The smallest absolute Gasteiger partial charge is 0.368 e. The Bertz CT molecular complexity index is 1160. The van der Waals surface area contributed by atoms with Crippen LogP contribution in [0.2, 0.25) is 0 Å². The molecule has 7 heteroatoms. The third-order valence-electron chi connectivity index (χ3n) is 5.69. The van der Waals surface area contributed by atoms with Gasteiger partial charge in [0.05, 0.1) is 5.69 Å². The van der Waals surface area contributed by atoms with Crippen LogP contribution >= 0.6 is 0 Å². The van der Waals surface area contributed by atoms with E-state index >= 15 is 0 Å². The second-order valence-electron chi connectivity index (χ2n) is 7.49. The average Bonchev–Trinajstić information content (AvgIpc) is 3.07. The summed E-state index contributed by atoms with van der Waals surface area (Å²) in [5, 5.41) is 7.84. The summed E-state index contributed by atoms with van der Waals surface area (Å²) in [4.78, 5) is 17.9. The minimum atomic E-state index is -0.331. The van der Waals surface area contributed by atoms with E-state index in [0.29, 0.717) is 11.4 Å². The quantitative estimate of drug-likeness (QED) is 0.420. The molecule has 1 aromatic heterocycles. The lowest BCUT2D eigenvalue weighted by atomic mass is 9.85. The zero-order chi connectivity index (χ0) is 20.5. The van der Waals surface area contributed by atoms with Gasteiger partial charge in [0.1, 0.15) is 0 Å². The second-order valence-corrected chi connectivity index (χ2v) is 7.49. The number of rotatable bonds is 4. The fourth-order valence-electron chi connectivity index (χ4n) is 4.18. The van der Waals surface area contributed by atoms with E-state index in [2.05, 4.69) is 28.6 Å². The van der Waals surface area contributed by atoms with E-state index in [9.17, 15) is 4.79 Å². The standard InChI is InChI=1S/C22H25N5O2/c1-14-8-6-13-19(27-22(28)26(3)24-25-27)20(14)21(29-23)15(2)17-12-7-10-16-9-4-5-11-18(16)17/h6-8,10,12-13H,4-5,9,11,23H2,1-3H3/b21-15+. The van der Waals surface area contributed by atoms with E-state index < -0.39 is 0 Å². The number of hydrogen-bond acceptors (Lipinski definition) is 5. The first kappa shape index (κ1) is 19.1. The number of benzene rings is 2. The van der Waals surface area contributed by atoms with Crippen LogP contribution in [-0.2, 0) is 24.7 Å². The molecule has 1 aliphatic carbocycles. The van der Waals surface area contributed by atoms with Crippen LogP contribution < -0.4 is 11.6 Å². The van der Waals surface area contributed by atoms with Crippen molar-refractivity contribution in [3.63, 3.8) is 0 Å². The molecule has 1 aliphatic rings. The molecule has 4 rings (SSSR count). The van der Waals surface area contributed by atoms with Gasteiger partial charge in [-0.05, 0) is 78.3 Å². The Hall–Kier alpha value is -3.19. The summed E-state index contributed by atoms with van der Waals surface area (Å²) in [6.07, 6.45) is 4.54. The van der Waals surface area contributed by atoms with Gasteiger partial charge >= 0.3 is 5.69 Å². The molecule has 29 heavy (non-hydrogen) atoms. The van der Waals surface area contributed by atoms with Crippen molar-refractivity contribution in [1.29, 1.82) is 0 Å². The number of fused-ring (bicyclic) bond motifs is 1. The Morgan fingerprint density at radius 2 is 1.86 bits per heavy atom. The maximum atomic E-state index is 12.5. The summed E-state index contributed by atoms with van der Waals surface area (Å²) in [6.45, 7) is 3.98. The van der Waals surface area contributed by atoms with Crippen molar-refractivity contribution < 1.29 is 4.84 Å². The van der Waals surface area contributed by atoms with Gasteiger partial charge in [-0.25, -0.2) is 4.79 Å². The molecule has 0 saturated heterocycles. The average molecular weight is 391 g/mol. The Kier molecular flexibility index (Phi) is 5.07. The van der Waals surface area contributed by atoms with Crippen molar-refractivity contribution in [3.05, 3.63) is 74.7 Å². The largest absolute Gasteiger partial charge is 0.410 e. The number of aryl methyl sites for hydroxylation is 3. The Labute approximate surface area is 169 Å². The Morgan fingerprint density at radius 1 is 1.10 bits per heavy atom. The molecular formula is C22H25N5O2. The fraction of sp³-hybridized carbons (Fsp3) is 0.318. The molecule has 0 amide bonds. The first-order valence-corrected chi connectivity index (χ1v) is 9.81. The monoisotopic (exact) mass is 391 g/mol. The van der Waals surface area contributed by atoms with E-state index in [1.165, 1.54) is 33.3 Å². The van der Waals surface area contributed by atoms with Crippen molar-refractivity contribution in [2.75, 3.05) is 0 Å². The van der Waals surface area contributed by atoms with E-state index in [1.807, 2.05) is 32.0 Å². The molecule has 0 spiro atoms. The lowest BCUT2D eigenvalue weighted by molar-refractivity contribution is 0.291. The first-order valence-electron chi connectivity index (χ1n) is 9.81. The van der Waals surface area contributed by atoms with E-state index in [1.54, 1.807) is 7.05 Å². The number of tetrazole rings is 1. The highest BCUT2D eigenvalue weighted by Crippen LogP contribution is 2.35. The van der Waals surface area contributed by atoms with Gasteiger partial charge in [-0.2, -0.15) is 15.3 Å². The van der Waals surface area contributed by atoms with Crippen LogP contribution in [0.4, 0.5) is 0 Å². The van der Waals surface area contributed by atoms with Crippen LogP contribution in [0.5, 0.6) is 0 Å². The predicted molar refractivity (Wildman–Crippen MR) is 112 cm³/mol. The molecule has 2 aromatic carbocycles. The number of aromatic nitrogens is 4. The van der Waals surface area contributed by atoms with E-state index in [4.69, 9.17) is 10.7 Å². The van der Waals surface area contributed by atoms with Gasteiger partial charge in [0, 0.05) is 18.2 Å². The van der Waals surface area contributed by atoms with Crippen molar-refractivity contribution in [2.45, 2.75) is 39.5 Å².